The summed E-state index contributed by atoms with van der Waals surface area (Å²) in [5.74, 6) is -2.20. The minimum absolute atomic E-state index is 0.0324. The number of benzene rings is 3. The molecule has 0 bridgehead atoms. The van der Waals surface area contributed by atoms with Crippen LogP contribution in [0, 0.1) is 0 Å². The number of alkyl halides is 3. The molecule has 176 valence electrons. The van der Waals surface area contributed by atoms with Crippen LogP contribution in [-0.2, 0) is 19.2 Å². The van der Waals surface area contributed by atoms with Crippen LogP contribution in [0.15, 0.2) is 69.9 Å². The second kappa shape index (κ2) is 9.60. The zero-order valence-electron chi connectivity index (χ0n) is 17.7. The van der Waals surface area contributed by atoms with Gasteiger partial charge in [0.25, 0.3) is 5.76 Å². The molecule has 0 atom stereocenters. The Labute approximate surface area is 202 Å². The smallest absolute Gasteiger partial charge is 0.453 e. The number of hydrogen-bond donors (Lipinski definition) is 0. The number of ether oxygens (including phenoxy) is 2. The number of halogens is 5. The summed E-state index contributed by atoms with van der Waals surface area (Å²) >= 11 is 12.2. The van der Waals surface area contributed by atoms with E-state index in [9.17, 15) is 18.0 Å². The normalized spacial score (nSPS) is 11.6. The predicted octanol–water partition coefficient (Wildman–Crippen LogP) is 8.05. The second-order valence-electron chi connectivity index (χ2n) is 7.33. The Balaban J connectivity index is 1.71. The van der Waals surface area contributed by atoms with Crippen molar-refractivity contribution in [1.29, 1.82) is 0 Å². The zero-order chi connectivity index (χ0) is 24.5. The predicted molar refractivity (Wildman–Crippen MR) is 124 cm³/mol. The molecule has 0 aliphatic heterocycles. The maximum Gasteiger partial charge on any atom is 0.453 e. The highest BCUT2D eigenvalue weighted by Crippen LogP contribution is 2.39. The maximum absolute atomic E-state index is 13.8. The molecule has 0 unspecified atom stereocenters. The minimum atomic E-state index is -4.96. The van der Waals surface area contributed by atoms with Gasteiger partial charge in [-0.05, 0) is 48.4 Å². The van der Waals surface area contributed by atoms with Gasteiger partial charge in [0.15, 0.2) is 0 Å². The molecule has 4 rings (SSSR count). The van der Waals surface area contributed by atoms with Gasteiger partial charge in [0.05, 0.1) is 5.39 Å². The zero-order valence-corrected chi connectivity index (χ0v) is 19.2. The minimum Gasteiger partial charge on any atom is -0.489 e. The fourth-order valence-electron chi connectivity index (χ4n) is 3.26. The second-order valence-corrected chi connectivity index (χ2v) is 8.15. The number of hydrogen-bond acceptors (Lipinski definition) is 4. The quantitative estimate of drug-likeness (QED) is 0.264. The third kappa shape index (κ3) is 5.00. The fourth-order valence-corrected chi connectivity index (χ4v) is 3.77. The fraction of sp³-hybridized carbons (Fsp3) is 0.160. The Morgan fingerprint density at radius 3 is 2.21 bits per heavy atom. The lowest BCUT2D eigenvalue weighted by atomic mass is 10.1. The van der Waals surface area contributed by atoms with E-state index in [4.69, 9.17) is 37.1 Å². The van der Waals surface area contributed by atoms with Crippen molar-refractivity contribution in [1.82, 2.24) is 0 Å². The van der Waals surface area contributed by atoms with E-state index < -0.39 is 23.1 Å². The van der Waals surface area contributed by atoms with Crippen LogP contribution in [0.1, 0.15) is 23.8 Å². The van der Waals surface area contributed by atoms with Gasteiger partial charge < -0.3 is 13.9 Å². The molecule has 0 amide bonds. The summed E-state index contributed by atoms with van der Waals surface area (Å²) in [6, 6.07) is 15.3. The molecule has 0 fully saturated rings. The first kappa shape index (κ1) is 24.0. The molecular formula is C25H17Cl2F3O4. The van der Waals surface area contributed by atoms with E-state index in [0.29, 0.717) is 15.6 Å². The average molecular weight is 509 g/mol. The Hall–Kier alpha value is -3.16. The van der Waals surface area contributed by atoms with Gasteiger partial charge >= 0.3 is 6.18 Å². The summed E-state index contributed by atoms with van der Waals surface area (Å²) in [4.78, 5) is 12.9. The van der Waals surface area contributed by atoms with Gasteiger partial charge in [-0.1, -0.05) is 48.3 Å². The summed E-state index contributed by atoms with van der Waals surface area (Å²) < 4.78 is 57.4. The van der Waals surface area contributed by atoms with Crippen molar-refractivity contribution >= 4 is 34.2 Å². The van der Waals surface area contributed by atoms with Gasteiger partial charge in [-0.25, -0.2) is 0 Å². The van der Waals surface area contributed by atoms with Crippen LogP contribution >= 0.6 is 23.2 Å². The Bertz CT molecular complexity index is 1380. The van der Waals surface area contributed by atoms with Gasteiger partial charge in [0, 0.05) is 21.7 Å². The average Bonchev–Trinajstić information content (AvgIpc) is 2.80. The van der Waals surface area contributed by atoms with Crippen molar-refractivity contribution in [3.63, 3.8) is 0 Å². The topological polar surface area (TPSA) is 48.7 Å². The van der Waals surface area contributed by atoms with E-state index in [1.165, 1.54) is 30.3 Å². The van der Waals surface area contributed by atoms with Gasteiger partial charge in [-0.2, -0.15) is 13.2 Å². The van der Waals surface area contributed by atoms with E-state index >= 15 is 0 Å². The molecule has 0 saturated carbocycles. The van der Waals surface area contributed by atoms with Gasteiger partial charge in [0.1, 0.15) is 23.7 Å². The lowest BCUT2D eigenvalue weighted by Gasteiger charge is -2.14. The standard InChI is InChI=1S/C25H17Cl2F3O4/c1-2-14-6-8-15(9-7-14)33-23-22(31)17-11-10-16(12-21(17)34-24(23)25(28,29)30)32-13-18-19(26)4-3-5-20(18)27/h3-12H,2,13H2,1H3. The first-order valence-electron chi connectivity index (χ1n) is 10.2. The van der Waals surface area contributed by atoms with Crippen LogP contribution in [0.2, 0.25) is 10.0 Å². The van der Waals surface area contributed by atoms with Crippen molar-refractivity contribution in [2.45, 2.75) is 26.1 Å². The van der Waals surface area contributed by atoms with Crippen molar-refractivity contribution in [2.75, 3.05) is 0 Å². The van der Waals surface area contributed by atoms with Crippen molar-refractivity contribution in [3.05, 3.63) is 97.8 Å². The van der Waals surface area contributed by atoms with E-state index in [2.05, 4.69) is 0 Å². The van der Waals surface area contributed by atoms with Crippen LogP contribution < -0.4 is 14.9 Å². The third-order valence-corrected chi connectivity index (χ3v) is 5.78. The highest BCUT2D eigenvalue weighted by atomic mass is 35.5. The van der Waals surface area contributed by atoms with Crippen LogP contribution in [0.3, 0.4) is 0 Å². The summed E-state index contributed by atoms with van der Waals surface area (Å²) in [5, 5.41) is 0.678. The van der Waals surface area contributed by atoms with E-state index in [1.54, 1.807) is 30.3 Å². The number of rotatable bonds is 6. The Kier molecular flexibility index (Phi) is 6.77. The van der Waals surface area contributed by atoms with Crippen LogP contribution in [0.5, 0.6) is 17.2 Å². The summed E-state index contributed by atoms with van der Waals surface area (Å²) in [7, 11) is 0. The third-order valence-electron chi connectivity index (χ3n) is 5.08. The van der Waals surface area contributed by atoms with Crippen LogP contribution in [0.4, 0.5) is 13.2 Å². The maximum atomic E-state index is 13.8. The van der Waals surface area contributed by atoms with Crippen molar-refractivity contribution in [3.8, 4) is 17.2 Å². The molecule has 0 aliphatic carbocycles. The molecule has 0 aliphatic rings. The van der Waals surface area contributed by atoms with Gasteiger partial charge in [-0.15, -0.1) is 0 Å². The molecule has 1 aromatic heterocycles. The van der Waals surface area contributed by atoms with E-state index in [1.807, 2.05) is 6.92 Å². The van der Waals surface area contributed by atoms with Gasteiger partial charge in [0.2, 0.25) is 11.2 Å². The molecule has 0 N–H and O–H groups in total. The number of aryl methyl sites for hydroxylation is 1. The molecule has 4 aromatic rings. The molecular weight excluding hydrogens is 492 g/mol. The monoisotopic (exact) mass is 508 g/mol. The van der Waals surface area contributed by atoms with E-state index in [-0.39, 0.29) is 29.1 Å². The molecule has 0 spiro atoms. The lowest BCUT2D eigenvalue weighted by molar-refractivity contribution is -0.154. The molecule has 9 heteroatoms. The SMILES string of the molecule is CCc1ccc(Oc2c(C(F)(F)F)oc3cc(OCc4c(Cl)cccc4Cl)ccc3c2=O)cc1. The molecule has 3 aromatic carbocycles. The first-order valence-corrected chi connectivity index (χ1v) is 10.9. The largest absolute Gasteiger partial charge is 0.489 e. The Morgan fingerprint density at radius 2 is 1.59 bits per heavy atom. The van der Waals surface area contributed by atoms with Crippen LogP contribution in [0.25, 0.3) is 11.0 Å². The molecule has 4 nitrogen and oxygen atoms in total. The lowest BCUT2D eigenvalue weighted by Crippen LogP contribution is -2.15. The molecule has 34 heavy (non-hydrogen) atoms. The number of fused-ring (bicyclic) bond motifs is 1. The summed E-state index contributed by atoms with van der Waals surface area (Å²) in [6.45, 7) is 1.91. The Morgan fingerprint density at radius 1 is 0.941 bits per heavy atom. The van der Waals surface area contributed by atoms with Crippen molar-refractivity contribution in [2.24, 2.45) is 0 Å². The van der Waals surface area contributed by atoms with Crippen molar-refractivity contribution < 1.29 is 27.1 Å². The molecule has 0 saturated heterocycles. The summed E-state index contributed by atoms with van der Waals surface area (Å²) in [6.07, 6.45) is -4.22. The highest BCUT2D eigenvalue weighted by Gasteiger charge is 2.40. The molecule has 0 radical (unpaired) electrons. The first-order chi connectivity index (χ1) is 16.2. The van der Waals surface area contributed by atoms with Crippen LogP contribution in [-0.4, -0.2) is 0 Å². The summed E-state index contributed by atoms with van der Waals surface area (Å²) in [5.41, 5.74) is 0.239. The highest BCUT2D eigenvalue weighted by molar-refractivity contribution is 6.35. The molecule has 1 heterocycles. The van der Waals surface area contributed by atoms with E-state index in [0.717, 1.165) is 12.0 Å². The van der Waals surface area contributed by atoms with Gasteiger partial charge in [-0.3, -0.25) is 4.79 Å².